The number of carbonyl (C=O) groups is 1. The first-order valence-corrected chi connectivity index (χ1v) is 10.4. The molecular formula is C15H28O3Si. The molecule has 0 spiro atoms. The summed E-state index contributed by atoms with van der Waals surface area (Å²) in [5.74, 6) is 0.819. The summed E-state index contributed by atoms with van der Waals surface area (Å²) in [5.41, 5.74) is 0. The monoisotopic (exact) mass is 284 g/mol. The highest BCUT2D eigenvalue weighted by Crippen LogP contribution is 2.46. The Morgan fingerprint density at radius 1 is 1.21 bits per heavy atom. The molecule has 0 unspecified atom stereocenters. The van der Waals surface area contributed by atoms with Crippen molar-refractivity contribution in [3.05, 3.63) is 0 Å². The minimum absolute atomic E-state index is 0.242. The van der Waals surface area contributed by atoms with E-state index in [0.717, 1.165) is 25.7 Å². The predicted octanol–water partition coefficient (Wildman–Crippen LogP) is 3.39. The third-order valence-corrected chi connectivity index (χ3v) is 9.90. The molecule has 2 rings (SSSR count). The highest BCUT2D eigenvalue weighted by atomic mass is 28.4. The molecule has 2 fully saturated rings. The molecule has 19 heavy (non-hydrogen) atoms. The maximum atomic E-state index is 10.9. The van der Waals surface area contributed by atoms with Gasteiger partial charge in [-0.2, -0.15) is 0 Å². The second kappa shape index (κ2) is 5.30. The maximum absolute atomic E-state index is 10.9. The quantitative estimate of drug-likeness (QED) is 0.573. The van der Waals surface area contributed by atoms with Crippen LogP contribution in [0.5, 0.6) is 0 Å². The van der Waals surface area contributed by atoms with E-state index in [9.17, 15) is 4.79 Å². The maximum Gasteiger partial charge on any atom is 0.191 e. The average Bonchev–Trinajstić information content (AvgIpc) is 2.86. The number of hydrogen-bond donors (Lipinski definition) is 0. The van der Waals surface area contributed by atoms with Crippen LogP contribution in [0.3, 0.4) is 0 Å². The lowest BCUT2D eigenvalue weighted by Crippen LogP contribution is -2.44. The Hall–Kier alpha value is -0.193. The third kappa shape index (κ3) is 2.95. The summed E-state index contributed by atoms with van der Waals surface area (Å²) in [6.45, 7) is 12.1. The fourth-order valence-corrected chi connectivity index (χ4v) is 4.10. The lowest BCUT2D eigenvalue weighted by Gasteiger charge is -2.38. The zero-order valence-corrected chi connectivity index (χ0v) is 13.9. The molecule has 0 aromatic heterocycles. The normalized spacial score (nSPS) is 34.8. The Kier molecular flexibility index (Phi) is 4.24. The van der Waals surface area contributed by atoms with E-state index in [1.54, 1.807) is 0 Å². The van der Waals surface area contributed by atoms with Gasteiger partial charge in [0, 0.05) is 18.9 Å². The van der Waals surface area contributed by atoms with Gasteiger partial charge in [0.15, 0.2) is 8.32 Å². The standard InChI is InChI=1S/C15H28O3Si/c1-15(2,3)19(4,5)17-10-12-11(8-9-16)13-6-7-14(12)18-13/h9,11-14H,6-8,10H2,1-5H3/t11-,12+,13-,14+/m0/s1. The van der Waals surface area contributed by atoms with E-state index in [2.05, 4.69) is 33.9 Å². The van der Waals surface area contributed by atoms with Gasteiger partial charge in [0.2, 0.25) is 0 Å². The Morgan fingerprint density at radius 2 is 1.79 bits per heavy atom. The fraction of sp³-hybridized carbons (Fsp3) is 0.933. The molecule has 2 aliphatic rings. The van der Waals surface area contributed by atoms with Gasteiger partial charge < -0.3 is 14.0 Å². The smallest absolute Gasteiger partial charge is 0.191 e. The van der Waals surface area contributed by atoms with Crippen LogP contribution in [0, 0.1) is 11.8 Å². The van der Waals surface area contributed by atoms with E-state index in [1.165, 1.54) is 0 Å². The SMILES string of the molecule is CC(C)(C)[Si](C)(C)OC[C@@H]1[C@H](CC=O)[C@@H]2CC[C@H]1O2. The molecule has 4 heteroatoms. The van der Waals surface area contributed by atoms with Crippen LogP contribution in [0.15, 0.2) is 0 Å². The summed E-state index contributed by atoms with van der Waals surface area (Å²) in [4.78, 5) is 10.9. The number of carbonyl (C=O) groups excluding carboxylic acids is 1. The molecule has 0 aromatic rings. The molecule has 0 aliphatic carbocycles. The van der Waals surface area contributed by atoms with Crippen LogP contribution < -0.4 is 0 Å². The van der Waals surface area contributed by atoms with Crippen molar-refractivity contribution in [3.63, 3.8) is 0 Å². The summed E-state index contributed by atoms with van der Waals surface area (Å²) in [6.07, 6.45) is 4.59. The second-order valence-electron chi connectivity index (χ2n) is 7.59. The molecule has 0 aromatic carbocycles. The van der Waals surface area contributed by atoms with Crippen molar-refractivity contribution in [1.29, 1.82) is 0 Å². The highest BCUT2D eigenvalue weighted by Gasteiger charge is 2.49. The Labute approximate surface area is 118 Å². The lowest BCUT2D eigenvalue weighted by atomic mass is 9.78. The van der Waals surface area contributed by atoms with Crippen LogP contribution in [0.2, 0.25) is 18.1 Å². The first kappa shape index (κ1) is 15.2. The lowest BCUT2D eigenvalue weighted by molar-refractivity contribution is -0.109. The van der Waals surface area contributed by atoms with Crippen molar-refractivity contribution in [2.45, 2.75) is 70.4 Å². The van der Waals surface area contributed by atoms with Gasteiger partial charge in [-0.3, -0.25) is 0 Å². The molecule has 2 aliphatic heterocycles. The first-order chi connectivity index (χ1) is 8.76. The second-order valence-corrected chi connectivity index (χ2v) is 12.4. The number of hydrogen-bond acceptors (Lipinski definition) is 3. The van der Waals surface area contributed by atoms with Crippen molar-refractivity contribution in [1.82, 2.24) is 0 Å². The van der Waals surface area contributed by atoms with Gasteiger partial charge in [-0.25, -0.2) is 0 Å². The van der Waals surface area contributed by atoms with Gasteiger partial charge in [-0.15, -0.1) is 0 Å². The Bertz CT molecular complexity index is 335. The minimum atomic E-state index is -1.70. The average molecular weight is 284 g/mol. The molecule has 3 nitrogen and oxygen atoms in total. The molecule has 0 amide bonds. The largest absolute Gasteiger partial charge is 0.416 e. The van der Waals surface area contributed by atoms with Gasteiger partial charge in [0.25, 0.3) is 0 Å². The van der Waals surface area contributed by atoms with Crippen LogP contribution >= 0.6 is 0 Å². The van der Waals surface area contributed by atoms with Crippen molar-refractivity contribution >= 4 is 14.6 Å². The number of fused-ring (bicyclic) bond motifs is 2. The van der Waals surface area contributed by atoms with E-state index >= 15 is 0 Å². The highest BCUT2D eigenvalue weighted by molar-refractivity contribution is 6.74. The summed E-state index contributed by atoms with van der Waals surface area (Å²) in [7, 11) is -1.70. The summed E-state index contributed by atoms with van der Waals surface area (Å²) in [5, 5.41) is 0.242. The summed E-state index contributed by atoms with van der Waals surface area (Å²) in [6, 6.07) is 0. The number of rotatable bonds is 5. The van der Waals surface area contributed by atoms with Gasteiger partial charge in [0.05, 0.1) is 12.2 Å². The summed E-state index contributed by atoms with van der Waals surface area (Å²) >= 11 is 0. The van der Waals surface area contributed by atoms with Crippen LogP contribution in [0.4, 0.5) is 0 Å². The molecule has 2 bridgehead atoms. The summed E-state index contributed by atoms with van der Waals surface area (Å²) < 4.78 is 12.3. The molecule has 0 radical (unpaired) electrons. The van der Waals surface area contributed by atoms with Crippen LogP contribution in [0.1, 0.15) is 40.0 Å². The van der Waals surface area contributed by atoms with E-state index < -0.39 is 8.32 Å². The van der Waals surface area contributed by atoms with Crippen LogP contribution in [-0.2, 0) is 14.0 Å². The Balaban J connectivity index is 1.97. The van der Waals surface area contributed by atoms with Crippen molar-refractivity contribution in [2.24, 2.45) is 11.8 Å². The van der Waals surface area contributed by atoms with Crippen LogP contribution in [-0.4, -0.2) is 33.4 Å². The molecule has 0 N–H and O–H groups in total. The Morgan fingerprint density at radius 3 is 2.32 bits per heavy atom. The molecule has 2 heterocycles. The predicted molar refractivity (Wildman–Crippen MR) is 78.7 cm³/mol. The fourth-order valence-electron chi connectivity index (χ4n) is 3.06. The zero-order valence-electron chi connectivity index (χ0n) is 12.9. The first-order valence-electron chi connectivity index (χ1n) is 7.49. The minimum Gasteiger partial charge on any atom is -0.416 e. The molecule has 110 valence electrons. The van der Waals surface area contributed by atoms with Gasteiger partial charge in [-0.05, 0) is 36.9 Å². The van der Waals surface area contributed by atoms with Gasteiger partial charge in [-0.1, -0.05) is 20.8 Å². The zero-order chi connectivity index (χ0) is 14.3. The number of ether oxygens (including phenoxy) is 1. The number of aldehydes is 1. The molecule has 4 atom stereocenters. The van der Waals surface area contributed by atoms with Crippen molar-refractivity contribution < 1.29 is 14.0 Å². The molecule has 0 saturated carbocycles. The van der Waals surface area contributed by atoms with Crippen molar-refractivity contribution in [3.8, 4) is 0 Å². The van der Waals surface area contributed by atoms with Crippen molar-refractivity contribution in [2.75, 3.05) is 6.61 Å². The third-order valence-electron chi connectivity index (χ3n) is 5.40. The van der Waals surface area contributed by atoms with Crippen LogP contribution in [0.25, 0.3) is 0 Å². The molecular weight excluding hydrogens is 256 g/mol. The van der Waals surface area contributed by atoms with E-state index in [1.807, 2.05) is 0 Å². The van der Waals surface area contributed by atoms with Gasteiger partial charge in [0.1, 0.15) is 6.29 Å². The van der Waals surface area contributed by atoms with E-state index in [4.69, 9.17) is 9.16 Å². The molecule has 2 saturated heterocycles. The van der Waals surface area contributed by atoms with E-state index in [0.29, 0.717) is 30.5 Å². The van der Waals surface area contributed by atoms with Gasteiger partial charge >= 0.3 is 0 Å². The van der Waals surface area contributed by atoms with E-state index in [-0.39, 0.29) is 5.04 Å². The topological polar surface area (TPSA) is 35.5 Å².